The van der Waals surface area contributed by atoms with Gasteiger partial charge in [0.2, 0.25) is 16.3 Å². The lowest BCUT2D eigenvalue weighted by Gasteiger charge is -2.41. The van der Waals surface area contributed by atoms with Crippen LogP contribution < -0.4 is 5.32 Å². The highest BCUT2D eigenvalue weighted by Crippen LogP contribution is 2.15. The topological polar surface area (TPSA) is 95.5 Å². The number of hydrogen-bond donors (Lipinski definition) is 1. The number of carbonyl (C=O) groups excluding carboxylic acids is 1. The molecule has 1 atom stereocenters. The zero-order valence-corrected chi connectivity index (χ0v) is 16.0. The van der Waals surface area contributed by atoms with Crippen molar-refractivity contribution < 1.29 is 26.4 Å². The van der Waals surface area contributed by atoms with Gasteiger partial charge in [0, 0.05) is 18.5 Å². The molecule has 0 saturated carbocycles. The fourth-order valence-electron chi connectivity index (χ4n) is 2.43. The summed E-state index contributed by atoms with van der Waals surface area (Å²) in [6.45, 7) is 18.6. The number of quaternary nitrogens is 1. The lowest BCUT2D eigenvalue weighted by atomic mass is 10.1. The van der Waals surface area contributed by atoms with E-state index in [1.54, 1.807) is 6.92 Å². The Morgan fingerprint density at radius 2 is 1.65 bits per heavy atom. The highest BCUT2D eigenvalue weighted by atomic mass is 32.3. The van der Waals surface area contributed by atoms with Gasteiger partial charge in [0.1, 0.15) is 0 Å². The molecule has 0 rings (SSSR count). The molecular formula is C15H32N2O5S. The Morgan fingerprint density at radius 3 is 1.91 bits per heavy atom. The van der Waals surface area contributed by atoms with Crippen LogP contribution in [0, 0.1) is 0 Å². The molecule has 1 N–H and O–H groups in total. The Kier molecular flexibility index (Phi) is 12.2. The Morgan fingerprint density at radius 1 is 1.26 bits per heavy atom. The molecule has 138 valence electrons. The van der Waals surface area contributed by atoms with Crippen LogP contribution >= 0.6 is 0 Å². The van der Waals surface area contributed by atoms with Crippen molar-refractivity contribution in [2.75, 3.05) is 33.3 Å². The Hall–Kier alpha value is -0.960. The van der Waals surface area contributed by atoms with Crippen LogP contribution in [-0.2, 0) is 19.4 Å². The summed E-state index contributed by atoms with van der Waals surface area (Å²) < 4.78 is 32.1. The third-order valence-corrected chi connectivity index (χ3v) is 4.67. The SMILES string of the molecule is C=C(C)C(=O)NCCC(C)[N+](CC)(CC)CC.COS(=O)(=O)[O-]. The highest BCUT2D eigenvalue weighted by Gasteiger charge is 2.27. The van der Waals surface area contributed by atoms with E-state index in [0.717, 1.165) is 44.2 Å². The zero-order valence-electron chi connectivity index (χ0n) is 15.2. The van der Waals surface area contributed by atoms with E-state index in [2.05, 4.69) is 43.8 Å². The first kappa shape index (κ1) is 24.3. The first-order valence-corrected chi connectivity index (χ1v) is 9.13. The predicted octanol–water partition coefficient (Wildman–Crippen LogP) is 1.43. The molecule has 0 spiro atoms. The van der Waals surface area contributed by atoms with Crippen LogP contribution in [0.5, 0.6) is 0 Å². The van der Waals surface area contributed by atoms with Gasteiger partial charge >= 0.3 is 0 Å². The van der Waals surface area contributed by atoms with Gasteiger partial charge in [0.05, 0.1) is 32.8 Å². The molecule has 0 aliphatic carbocycles. The molecule has 1 unspecified atom stereocenters. The maximum Gasteiger partial charge on any atom is 0.246 e. The first-order valence-electron chi connectivity index (χ1n) is 7.80. The van der Waals surface area contributed by atoms with E-state index >= 15 is 0 Å². The van der Waals surface area contributed by atoms with E-state index in [-0.39, 0.29) is 5.91 Å². The summed E-state index contributed by atoms with van der Waals surface area (Å²) >= 11 is 0. The minimum Gasteiger partial charge on any atom is -0.726 e. The number of nitrogens with zero attached hydrogens (tertiary/aromatic N) is 1. The Labute approximate surface area is 141 Å². The summed E-state index contributed by atoms with van der Waals surface area (Å²) in [6.07, 6.45) is 1.02. The number of nitrogens with one attached hydrogen (secondary N) is 1. The largest absolute Gasteiger partial charge is 0.726 e. The normalized spacial score (nSPS) is 12.8. The second-order valence-corrected chi connectivity index (χ2v) is 6.57. The first-order chi connectivity index (χ1) is 10.5. The van der Waals surface area contributed by atoms with Crippen LogP contribution in [0.3, 0.4) is 0 Å². The summed E-state index contributed by atoms with van der Waals surface area (Å²) in [5, 5.41) is 2.91. The molecule has 8 heteroatoms. The van der Waals surface area contributed by atoms with Gasteiger partial charge in [0.25, 0.3) is 0 Å². The van der Waals surface area contributed by atoms with Gasteiger partial charge in [-0.2, -0.15) is 0 Å². The summed E-state index contributed by atoms with van der Waals surface area (Å²) in [7, 11) is -3.60. The average Bonchev–Trinajstić information content (AvgIpc) is 2.49. The van der Waals surface area contributed by atoms with Crippen molar-refractivity contribution >= 4 is 16.3 Å². The van der Waals surface area contributed by atoms with E-state index in [4.69, 9.17) is 0 Å². The van der Waals surface area contributed by atoms with Gasteiger partial charge in [-0.25, -0.2) is 8.42 Å². The molecule has 0 saturated heterocycles. The molecule has 7 nitrogen and oxygen atoms in total. The lowest BCUT2D eigenvalue weighted by Crippen LogP contribution is -2.54. The van der Waals surface area contributed by atoms with Gasteiger partial charge in [-0.3, -0.25) is 8.98 Å². The van der Waals surface area contributed by atoms with Crippen molar-refractivity contribution in [3.63, 3.8) is 0 Å². The summed E-state index contributed by atoms with van der Waals surface area (Å²) in [5.41, 5.74) is 0.583. The molecule has 0 aromatic rings. The molecule has 0 aliphatic rings. The molecule has 0 aromatic heterocycles. The van der Waals surface area contributed by atoms with E-state index < -0.39 is 10.4 Å². The fraction of sp³-hybridized carbons (Fsp3) is 0.800. The Balaban J connectivity index is 0. The van der Waals surface area contributed by atoms with Gasteiger partial charge in [-0.05, 0) is 34.6 Å². The average molecular weight is 352 g/mol. The fourth-order valence-corrected chi connectivity index (χ4v) is 2.43. The van der Waals surface area contributed by atoms with Crippen molar-refractivity contribution in [3.05, 3.63) is 12.2 Å². The van der Waals surface area contributed by atoms with E-state index in [1.807, 2.05) is 0 Å². The number of amides is 1. The van der Waals surface area contributed by atoms with Crippen LogP contribution in [0.15, 0.2) is 12.2 Å². The quantitative estimate of drug-likeness (QED) is 0.293. The molecule has 0 bridgehead atoms. The third-order valence-electron chi connectivity index (χ3n) is 4.26. The monoisotopic (exact) mass is 352 g/mol. The second-order valence-electron chi connectivity index (χ2n) is 5.42. The Bertz CT molecular complexity index is 450. The smallest absolute Gasteiger partial charge is 0.246 e. The van der Waals surface area contributed by atoms with Crippen molar-refractivity contribution in [3.8, 4) is 0 Å². The van der Waals surface area contributed by atoms with Crippen LogP contribution in [0.25, 0.3) is 0 Å². The number of hydrogen-bond acceptors (Lipinski definition) is 5. The van der Waals surface area contributed by atoms with Crippen molar-refractivity contribution in [1.29, 1.82) is 0 Å². The lowest BCUT2D eigenvalue weighted by molar-refractivity contribution is -0.945. The van der Waals surface area contributed by atoms with E-state index in [1.165, 1.54) is 0 Å². The molecule has 0 radical (unpaired) electrons. The molecule has 0 fully saturated rings. The maximum atomic E-state index is 11.4. The standard InChI is InChI=1S/C14H28N2O.CH4O4S/c1-7-16(8-2,9-3)13(6)10-11-15-14(17)12(4)5;1-5-6(2,3)4/h13H,4,7-11H2,1-3,5-6H3;1H3,(H,2,3,4). The maximum absolute atomic E-state index is 11.4. The van der Waals surface area contributed by atoms with E-state index in [0.29, 0.717) is 11.6 Å². The van der Waals surface area contributed by atoms with Crippen LogP contribution in [0.1, 0.15) is 41.0 Å². The van der Waals surface area contributed by atoms with Crippen LogP contribution in [0.4, 0.5) is 0 Å². The summed E-state index contributed by atoms with van der Waals surface area (Å²) in [6, 6.07) is 0.584. The van der Waals surface area contributed by atoms with Gasteiger partial charge in [-0.1, -0.05) is 6.58 Å². The number of carbonyl (C=O) groups is 1. The van der Waals surface area contributed by atoms with Crippen LogP contribution in [0.2, 0.25) is 0 Å². The van der Waals surface area contributed by atoms with Gasteiger partial charge in [-0.15, -0.1) is 0 Å². The third kappa shape index (κ3) is 10.4. The highest BCUT2D eigenvalue weighted by molar-refractivity contribution is 7.80. The second kappa shape index (κ2) is 11.6. The predicted molar refractivity (Wildman–Crippen MR) is 90.5 cm³/mol. The minimum atomic E-state index is -4.41. The molecule has 1 amide bonds. The van der Waals surface area contributed by atoms with E-state index in [9.17, 15) is 17.8 Å². The summed E-state index contributed by atoms with van der Waals surface area (Å²) in [4.78, 5) is 11.4. The minimum absolute atomic E-state index is 0.0280. The van der Waals surface area contributed by atoms with Gasteiger partial charge < -0.3 is 14.4 Å². The molecule has 23 heavy (non-hydrogen) atoms. The molecule has 0 aliphatic heterocycles. The van der Waals surface area contributed by atoms with Crippen molar-refractivity contribution in [2.24, 2.45) is 0 Å². The summed E-state index contributed by atoms with van der Waals surface area (Å²) in [5.74, 6) is -0.0280. The zero-order chi connectivity index (χ0) is 18.7. The van der Waals surface area contributed by atoms with Crippen molar-refractivity contribution in [1.82, 2.24) is 5.32 Å². The van der Waals surface area contributed by atoms with Crippen molar-refractivity contribution in [2.45, 2.75) is 47.1 Å². The molecular weight excluding hydrogens is 320 g/mol. The number of rotatable bonds is 9. The molecule has 0 heterocycles. The van der Waals surface area contributed by atoms with Crippen LogP contribution in [-0.4, -0.2) is 62.7 Å². The molecule has 0 aromatic carbocycles. The van der Waals surface area contributed by atoms with Gasteiger partial charge in [0.15, 0.2) is 0 Å².